The van der Waals surface area contributed by atoms with E-state index >= 15 is 0 Å². The quantitative estimate of drug-likeness (QED) is 0.137. The van der Waals surface area contributed by atoms with Crippen molar-refractivity contribution in [2.75, 3.05) is 9.80 Å². The van der Waals surface area contributed by atoms with Gasteiger partial charge in [-0.25, -0.2) is 9.97 Å². The first kappa shape index (κ1) is 41.2. The van der Waals surface area contributed by atoms with Crippen LogP contribution in [0, 0.1) is 27.7 Å². The second-order valence-corrected chi connectivity index (χ2v) is 17.5. The van der Waals surface area contributed by atoms with E-state index in [0.717, 1.165) is 89.7 Å². The van der Waals surface area contributed by atoms with Crippen LogP contribution in [0.15, 0.2) is 224 Å². The van der Waals surface area contributed by atoms with Crippen LogP contribution in [0.4, 0.5) is 34.1 Å². The fourth-order valence-electron chi connectivity index (χ4n) is 9.07. The molecule has 0 saturated heterocycles. The minimum atomic E-state index is 0.705. The summed E-state index contributed by atoms with van der Waals surface area (Å²) in [4.78, 5) is 15.0. The Hall–Kier alpha value is -8.54. The number of benzene rings is 9. The predicted molar refractivity (Wildman–Crippen MR) is 281 cm³/mol. The molecule has 67 heavy (non-hydrogen) atoms. The maximum absolute atomic E-state index is 5.17. The average Bonchev–Trinajstić information content (AvgIpc) is 3.69. The van der Waals surface area contributed by atoms with Crippen molar-refractivity contribution in [3.8, 4) is 39.6 Å². The van der Waals surface area contributed by atoms with Crippen molar-refractivity contribution < 1.29 is 0 Å². The second kappa shape index (κ2) is 17.4. The van der Waals surface area contributed by atoms with Gasteiger partial charge in [0.2, 0.25) is 0 Å². The normalized spacial score (nSPS) is 11.3. The van der Waals surface area contributed by atoms with Crippen molar-refractivity contribution in [2.24, 2.45) is 0 Å². The first-order valence-corrected chi connectivity index (χ1v) is 22.9. The third kappa shape index (κ3) is 8.13. The van der Waals surface area contributed by atoms with Crippen molar-refractivity contribution in [3.05, 3.63) is 247 Å². The molecule has 2 aromatic heterocycles. The molecule has 0 aliphatic carbocycles. The highest BCUT2D eigenvalue weighted by Gasteiger charge is 2.21. The van der Waals surface area contributed by atoms with Crippen molar-refractivity contribution in [1.82, 2.24) is 14.5 Å². The molecular weight excluding hydrogens is 815 g/mol. The Labute approximate surface area is 392 Å². The number of aryl methyl sites for hydroxylation is 4. The summed E-state index contributed by atoms with van der Waals surface area (Å²) in [6, 6.07) is 80.6. The molecule has 2 heterocycles. The monoisotopic (exact) mass is 863 g/mol. The molecule has 5 nitrogen and oxygen atoms in total. The van der Waals surface area contributed by atoms with E-state index in [1.807, 2.05) is 0 Å². The summed E-state index contributed by atoms with van der Waals surface area (Å²) in [6.07, 6.45) is 0. The highest BCUT2D eigenvalue weighted by Crippen LogP contribution is 2.43. The average molecular weight is 864 g/mol. The van der Waals surface area contributed by atoms with Crippen molar-refractivity contribution >= 4 is 55.9 Å². The molecule has 0 amide bonds. The zero-order valence-electron chi connectivity index (χ0n) is 38.1. The minimum absolute atomic E-state index is 0.705. The highest BCUT2D eigenvalue weighted by atomic mass is 15.1. The number of fused-ring (bicyclic) bond motifs is 3. The van der Waals surface area contributed by atoms with E-state index in [2.05, 4.69) is 267 Å². The van der Waals surface area contributed by atoms with Crippen LogP contribution in [-0.2, 0) is 0 Å². The molecule has 5 heteroatoms. The van der Waals surface area contributed by atoms with Crippen molar-refractivity contribution in [2.45, 2.75) is 27.7 Å². The zero-order valence-corrected chi connectivity index (χ0v) is 38.1. The van der Waals surface area contributed by atoms with Gasteiger partial charge in [-0.1, -0.05) is 144 Å². The van der Waals surface area contributed by atoms with Gasteiger partial charge in [-0.05, 0) is 131 Å². The zero-order chi connectivity index (χ0) is 45.4. The van der Waals surface area contributed by atoms with E-state index in [1.165, 1.54) is 22.3 Å². The van der Waals surface area contributed by atoms with Crippen LogP contribution in [0.25, 0.3) is 61.4 Å². The van der Waals surface area contributed by atoms with Crippen LogP contribution < -0.4 is 9.80 Å². The van der Waals surface area contributed by atoms with Gasteiger partial charge in [0.05, 0.1) is 22.4 Å². The summed E-state index contributed by atoms with van der Waals surface area (Å²) in [5.74, 6) is 0.705. The Morgan fingerprint density at radius 1 is 0.313 bits per heavy atom. The van der Waals surface area contributed by atoms with E-state index < -0.39 is 0 Å². The summed E-state index contributed by atoms with van der Waals surface area (Å²) in [5, 5.41) is 2.31. The summed E-state index contributed by atoms with van der Waals surface area (Å²) >= 11 is 0. The molecule has 9 aromatic carbocycles. The highest BCUT2D eigenvalue weighted by molar-refractivity contribution is 6.12. The topological polar surface area (TPSA) is 37.2 Å². The summed E-state index contributed by atoms with van der Waals surface area (Å²) in [7, 11) is 0. The number of hydrogen-bond acceptors (Lipinski definition) is 4. The number of aromatic nitrogens is 3. The number of nitrogens with zero attached hydrogens (tertiary/aromatic N) is 5. The summed E-state index contributed by atoms with van der Waals surface area (Å²) < 4.78 is 2.40. The van der Waals surface area contributed by atoms with Gasteiger partial charge in [-0.2, -0.15) is 0 Å². The van der Waals surface area contributed by atoms with Crippen LogP contribution in [0.1, 0.15) is 22.3 Å². The molecule has 0 N–H and O–H groups in total. The Balaban J connectivity index is 1.09. The largest absolute Gasteiger partial charge is 0.310 e. The number of anilines is 6. The third-order valence-corrected chi connectivity index (χ3v) is 12.7. The molecule has 0 bridgehead atoms. The van der Waals surface area contributed by atoms with E-state index in [-0.39, 0.29) is 0 Å². The molecule has 0 unspecified atom stereocenters. The van der Waals surface area contributed by atoms with E-state index in [4.69, 9.17) is 9.97 Å². The Bertz CT molecular complexity index is 3300. The van der Waals surface area contributed by atoms with Crippen LogP contribution in [0.2, 0.25) is 0 Å². The lowest BCUT2D eigenvalue weighted by Crippen LogP contribution is -2.10. The maximum atomic E-state index is 5.17. The van der Waals surface area contributed by atoms with Gasteiger partial charge < -0.3 is 14.4 Å². The second-order valence-electron chi connectivity index (χ2n) is 17.5. The third-order valence-electron chi connectivity index (χ3n) is 12.7. The van der Waals surface area contributed by atoms with Gasteiger partial charge >= 0.3 is 0 Å². The summed E-state index contributed by atoms with van der Waals surface area (Å²) in [6.45, 7) is 8.48. The molecule has 0 fully saturated rings. The lowest BCUT2D eigenvalue weighted by molar-refractivity contribution is 1.17. The lowest BCUT2D eigenvalue weighted by atomic mass is 10.0. The fourth-order valence-corrected chi connectivity index (χ4v) is 9.07. The van der Waals surface area contributed by atoms with Gasteiger partial charge in [-0.3, -0.25) is 0 Å². The van der Waals surface area contributed by atoms with E-state index in [0.29, 0.717) is 5.82 Å². The molecule has 11 rings (SSSR count). The Morgan fingerprint density at radius 3 is 1.07 bits per heavy atom. The Kier molecular flexibility index (Phi) is 10.7. The SMILES string of the molecule is Cc1ccc(-c2cc(-c3ccc(-n4c5ccc(N(c6ccccc6)c6ccc(C)cc6)cc5c5cc(N(c6ccccc6)c6ccc(C)cc6)ccc54)cc3)nc(-c3ccc(C)cc3)n2)cc1. The van der Waals surface area contributed by atoms with Gasteiger partial charge in [0.25, 0.3) is 0 Å². The lowest BCUT2D eigenvalue weighted by Gasteiger charge is -2.26. The van der Waals surface area contributed by atoms with Crippen molar-refractivity contribution in [3.63, 3.8) is 0 Å². The van der Waals surface area contributed by atoms with Crippen LogP contribution in [0.5, 0.6) is 0 Å². The van der Waals surface area contributed by atoms with Crippen LogP contribution >= 0.6 is 0 Å². The molecule has 0 aliphatic heterocycles. The molecule has 0 radical (unpaired) electrons. The van der Waals surface area contributed by atoms with Crippen LogP contribution in [-0.4, -0.2) is 14.5 Å². The smallest absolute Gasteiger partial charge is 0.160 e. The predicted octanol–water partition coefficient (Wildman–Crippen LogP) is 16.7. The van der Waals surface area contributed by atoms with Gasteiger partial charge in [-0.15, -0.1) is 0 Å². The Morgan fingerprint density at radius 2 is 0.657 bits per heavy atom. The summed E-state index contributed by atoms with van der Waals surface area (Å²) in [5.41, 5.74) is 19.6. The van der Waals surface area contributed by atoms with Crippen LogP contribution in [0.3, 0.4) is 0 Å². The molecular formula is C62H49N5. The molecule has 0 saturated carbocycles. The molecule has 0 spiro atoms. The number of para-hydroxylation sites is 2. The van der Waals surface area contributed by atoms with E-state index in [9.17, 15) is 0 Å². The fraction of sp³-hybridized carbons (Fsp3) is 0.0645. The molecule has 322 valence electrons. The van der Waals surface area contributed by atoms with Gasteiger partial charge in [0, 0.05) is 67.3 Å². The first-order chi connectivity index (χ1) is 32.8. The first-order valence-electron chi connectivity index (χ1n) is 22.9. The molecule has 11 aromatic rings. The minimum Gasteiger partial charge on any atom is -0.310 e. The maximum Gasteiger partial charge on any atom is 0.160 e. The number of rotatable bonds is 10. The molecule has 0 atom stereocenters. The van der Waals surface area contributed by atoms with Crippen molar-refractivity contribution in [1.29, 1.82) is 0 Å². The van der Waals surface area contributed by atoms with Gasteiger partial charge in [0.1, 0.15) is 0 Å². The number of hydrogen-bond donors (Lipinski definition) is 0. The van der Waals surface area contributed by atoms with E-state index in [1.54, 1.807) is 0 Å². The molecule has 0 aliphatic rings. The van der Waals surface area contributed by atoms with Gasteiger partial charge in [0.15, 0.2) is 5.82 Å². The standard InChI is InChI=1S/C62H49N5/c1-42-15-23-46(24-16-42)58-41-59(64-62(63-58)48-25-17-43(2)18-26-48)47-27-33-53(34-28-47)67-60-37-35-54(65(49-11-7-5-8-12-49)51-29-19-44(3)20-30-51)39-56(60)57-40-55(36-38-61(57)67)66(50-13-9-6-10-14-50)52-31-21-45(4)22-32-52/h5-41H,1-4H3.